The van der Waals surface area contributed by atoms with E-state index in [0.29, 0.717) is 32.5 Å². The monoisotopic (exact) mass is 637 g/mol. The Morgan fingerprint density at radius 2 is 0.889 bits per heavy atom. The third kappa shape index (κ3) is 29.2. The van der Waals surface area contributed by atoms with Gasteiger partial charge in [-0.05, 0) is 25.7 Å². The number of rotatable bonds is 34. The van der Waals surface area contributed by atoms with Crippen molar-refractivity contribution < 1.29 is 9.59 Å². The zero-order chi connectivity index (χ0) is 33.2. The van der Waals surface area contributed by atoms with Crippen LogP contribution in [0.2, 0.25) is 0 Å². The predicted octanol–water partition coefficient (Wildman–Crippen LogP) is 9.30. The first-order chi connectivity index (χ1) is 21.9. The molecule has 0 unspecified atom stereocenters. The van der Waals surface area contributed by atoms with E-state index in [9.17, 15) is 9.59 Å². The fourth-order valence-electron chi connectivity index (χ4n) is 6.14. The van der Waals surface area contributed by atoms with E-state index in [2.05, 4.69) is 24.5 Å². The van der Waals surface area contributed by atoms with Crippen LogP contribution in [0.4, 0.5) is 4.79 Å². The van der Waals surface area contributed by atoms with Gasteiger partial charge in [-0.2, -0.15) is 0 Å². The van der Waals surface area contributed by atoms with Crippen molar-refractivity contribution in [3.63, 3.8) is 0 Å². The lowest BCUT2D eigenvalue weighted by Crippen LogP contribution is -2.52. The van der Waals surface area contributed by atoms with E-state index in [1.165, 1.54) is 135 Å². The van der Waals surface area contributed by atoms with Gasteiger partial charge in [0.25, 0.3) is 0 Å². The molecule has 0 aromatic carbocycles. The van der Waals surface area contributed by atoms with Crippen molar-refractivity contribution >= 4 is 17.9 Å². The van der Waals surface area contributed by atoms with Gasteiger partial charge in [-0.3, -0.25) is 10.2 Å². The lowest BCUT2D eigenvalue weighted by atomic mass is 10.0. The first-order valence-electron chi connectivity index (χ1n) is 19.4. The number of nitrogens with one attached hydrogen (secondary N) is 3. The number of nitrogens with two attached hydrogens (primary N) is 2. The van der Waals surface area contributed by atoms with Crippen molar-refractivity contribution in [3.05, 3.63) is 0 Å². The molecule has 0 saturated carbocycles. The van der Waals surface area contributed by atoms with Gasteiger partial charge in [-0.1, -0.05) is 168 Å². The molecule has 8 nitrogen and oxygen atoms in total. The highest BCUT2D eigenvalue weighted by Gasteiger charge is 2.27. The Morgan fingerprint density at radius 1 is 0.533 bits per heavy atom. The van der Waals surface area contributed by atoms with Crippen molar-refractivity contribution in [1.29, 1.82) is 5.41 Å². The predicted molar refractivity (Wildman–Crippen MR) is 194 cm³/mol. The number of hydrogen-bond acceptors (Lipinski definition) is 3. The minimum atomic E-state index is -0.587. The van der Waals surface area contributed by atoms with Crippen molar-refractivity contribution in [1.82, 2.24) is 15.5 Å². The van der Waals surface area contributed by atoms with Gasteiger partial charge >= 0.3 is 6.03 Å². The molecule has 3 amide bonds. The Kier molecular flexibility index (Phi) is 31.9. The molecule has 266 valence electrons. The lowest BCUT2D eigenvalue weighted by molar-refractivity contribution is -0.125. The normalized spacial score (nSPS) is 11.8. The van der Waals surface area contributed by atoms with Crippen LogP contribution in [0.1, 0.15) is 194 Å². The fraction of sp³-hybridized carbons (Fsp3) is 0.919. The van der Waals surface area contributed by atoms with E-state index in [0.717, 1.165) is 32.1 Å². The van der Waals surface area contributed by atoms with E-state index in [1.54, 1.807) is 4.90 Å². The van der Waals surface area contributed by atoms with Gasteiger partial charge < -0.3 is 27.0 Å². The summed E-state index contributed by atoms with van der Waals surface area (Å²) in [5, 5.41) is 13.2. The van der Waals surface area contributed by atoms with E-state index in [1.807, 2.05) is 0 Å². The van der Waals surface area contributed by atoms with E-state index >= 15 is 0 Å². The summed E-state index contributed by atoms with van der Waals surface area (Å²) in [4.78, 5) is 27.2. The summed E-state index contributed by atoms with van der Waals surface area (Å²) >= 11 is 0. The average Bonchev–Trinajstić information content (AvgIpc) is 3.01. The molecule has 8 heteroatoms. The number of primary amides is 1. The topological polar surface area (TPSA) is 137 Å². The number of urea groups is 1. The van der Waals surface area contributed by atoms with Crippen molar-refractivity contribution in [3.8, 4) is 0 Å². The molecule has 0 radical (unpaired) electrons. The van der Waals surface area contributed by atoms with Crippen LogP contribution < -0.4 is 22.1 Å². The zero-order valence-electron chi connectivity index (χ0n) is 29.9. The third-order valence-corrected chi connectivity index (χ3v) is 9.01. The summed E-state index contributed by atoms with van der Waals surface area (Å²) in [5.41, 5.74) is 11.2. The SMILES string of the molecule is CCCCCCCCCCCCCCCCCCN(C(N)=O)[C@@H](CCCNC(=N)N)C(=O)NCCCCCCCCCCCC. The average molecular weight is 637 g/mol. The first-order valence-corrected chi connectivity index (χ1v) is 19.4. The second-order valence-corrected chi connectivity index (χ2v) is 13.3. The molecule has 0 heterocycles. The Bertz CT molecular complexity index is 690. The maximum atomic E-state index is 13.2. The van der Waals surface area contributed by atoms with Crippen LogP contribution >= 0.6 is 0 Å². The van der Waals surface area contributed by atoms with E-state index in [-0.39, 0.29) is 11.9 Å². The fourth-order valence-corrected chi connectivity index (χ4v) is 6.14. The molecule has 0 aliphatic rings. The molecule has 0 aliphatic heterocycles. The standard InChI is InChI=1S/C37H76N6O2/c1-3-5-7-9-11-13-15-16-17-18-19-20-22-24-26-28-33-43(37(40)45)34(30-29-32-42-36(38)39)35(44)41-31-27-25-23-21-14-12-10-8-6-4-2/h34H,3-33H2,1-2H3,(H2,40,45)(H,41,44)(H4,38,39,42)/t34-/m0/s1. The molecule has 45 heavy (non-hydrogen) atoms. The van der Waals surface area contributed by atoms with Crippen LogP contribution in [0.15, 0.2) is 0 Å². The number of unbranched alkanes of at least 4 members (excludes halogenated alkanes) is 24. The second-order valence-electron chi connectivity index (χ2n) is 13.3. The van der Waals surface area contributed by atoms with E-state index < -0.39 is 12.1 Å². The van der Waals surface area contributed by atoms with Gasteiger partial charge in [0.1, 0.15) is 6.04 Å². The largest absolute Gasteiger partial charge is 0.370 e. The van der Waals surface area contributed by atoms with Gasteiger partial charge in [0.2, 0.25) is 5.91 Å². The smallest absolute Gasteiger partial charge is 0.315 e. The van der Waals surface area contributed by atoms with Gasteiger partial charge in [0.05, 0.1) is 0 Å². The number of carbonyl (C=O) groups excluding carboxylic acids is 2. The number of nitrogens with zero attached hydrogens (tertiary/aromatic N) is 1. The Labute approximate surface area is 278 Å². The minimum Gasteiger partial charge on any atom is -0.370 e. The summed E-state index contributed by atoms with van der Waals surface area (Å²) in [6.45, 7) is 6.15. The molecule has 0 saturated heterocycles. The van der Waals surface area contributed by atoms with Crippen molar-refractivity contribution in [2.24, 2.45) is 11.5 Å². The molecule has 0 aromatic rings. The van der Waals surface area contributed by atoms with Crippen molar-refractivity contribution in [2.45, 2.75) is 200 Å². The molecule has 0 bridgehead atoms. The molecule has 1 atom stereocenters. The van der Waals surface area contributed by atoms with Crippen LogP contribution in [0.3, 0.4) is 0 Å². The molecule has 0 fully saturated rings. The van der Waals surface area contributed by atoms with Crippen LogP contribution in [0, 0.1) is 5.41 Å². The lowest BCUT2D eigenvalue weighted by Gasteiger charge is -2.30. The Morgan fingerprint density at radius 3 is 1.27 bits per heavy atom. The van der Waals surface area contributed by atoms with Gasteiger partial charge in [-0.15, -0.1) is 0 Å². The maximum absolute atomic E-state index is 13.2. The summed E-state index contributed by atoms with van der Waals surface area (Å²) in [5.74, 6) is -0.207. The third-order valence-electron chi connectivity index (χ3n) is 9.01. The number of hydrogen-bond donors (Lipinski definition) is 5. The van der Waals surface area contributed by atoms with Crippen LogP contribution in [0.5, 0.6) is 0 Å². The van der Waals surface area contributed by atoms with Crippen molar-refractivity contribution in [2.75, 3.05) is 19.6 Å². The highest BCUT2D eigenvalue weighted by molar-refractivity contribution is 5.86. The summed E-state index contributed by atoms with van der Waals surface area (Å²) in [7, 11) is 0. The zero-order valence-corrected chi connectivity index (χ0v) is 29.9. The number of amides is 3. The van der Waals surface area contributed by atoms with Crippen LogP contribution in [0.25, 0.3) is 0 Å². The van der Waals surface area contributed by atoms with Gasteiger partial charge in [-0.25, -0.2) is 4.79 Å². The second kappa shape index (κ2) is 33.4. The summed E-state index contributed by atoms with van der Waals surface area (Å²) < 4.78 is 0. The van der Waals surface area contributed by atoms with Gasteiger partial charge in [0, 0.05) is 19.6 Å². The highest BCUT2D eigenvalue weighted by atomic mass is 16.2. The summed E-state index contributed by atoms with van der Waals surface area (Å²) in [6.07, 6.45) is 34.4. The molecule has 7 N–H and O–H groups in total. The number of guanidine groups is 1. The molecule has 0 rings (SSSR count). The van der Waals surface area contributed by atoms with Gasteiger partial charge in [0.15, 0.2) is 5.96 Å². The first kappa shape index (κ1) is 43.0. The number of carbonyl (C=O) groups is 2. The molecule has 0 aromatic heterocycles. The van der Waals surface area contributed by atoms with Crippen LogP contribution in [-0.4, -0.2) is 48.5 Å². The minimum absolute atomic E-state index is 0.0862. The Hall–Kier alpha value is -1.99. The van der Waals surface area contributed by atoms with Crippen LogP contribution in [-0.2, 0) is 4.79 Å². The summed E-state index contributed by atoms with van der Waals surface area (Å²) in [6, 6.07) is -1.12. The van der Waals surface area contributed by atoms with E-state index in [4.69, 9.17) is 16.9 Å². The molecular formula is C37H76N6O2. The molecular weight excluding hydrogens is 560 g/mol. The maximum Gasteiger partial charge on any atom is 0.315 e. The quantitative estimate of drug-likeness (QED) is 0.0273. The Balaban J connectivity index is 4.27. The highest BCUT2D eigenvalue weighted by Crippen LogP contribution is 2.15. The molecule has 0 aliphatic carbocycles. The molecule has 0 spiro atoms.